The Morgan fingerprint density at radius 2 is 1.50 bits per heavy atom. The second-order valence-electron chi connectivity index (χ2n) is 5.48. The Morgan fingerprint density at radius 1 is 0.833 bits per heavy atom. The van der Waals surface area contributed by atoms with E-state index in [1.807, 2.05) is 60.7 Å². The molecular formula is C19H18N2O2S. The molecule has 0 aliphatic rings. The fraction of sp³-hybridized carbons (Fsp3) is 0.105. The van der Waals surface area contributed by atoms with Gasteiger partial charge in [0.15, 0.2) is 0 Å². The molecule has 5 heteroatoms. The average Bonchev–Trinajstić information content (AvgIpc) is 2.62. The number of anilines is 1. The van der Waals surface area contributed by atoms with Crippen LogP contribution in [-0.2, 0) is 16.4 Å². The van der Waals surface area contributed by atoms with Crippen LogP contribution in [0, 0.1) is 0 Å². The zero-order valence-electron chi connectivity index (χ0n) is 13.1. The molecule has 0 bridgehead atoms. The highest BCUT2D eigenvalue weighted by Crippen LogP contribution is 2.21. The van der Waals surface area contributed by atoms with E-state index in [2.05, 4.69) is 9.71 Å². The Morgan fingerprint density at radius 3 is 2.21 bits per heavy atom. The smallest absolute Gasteiger partial charge is 0.233 e. The lowest BCUT2D eigenvalue weighted by atomic mass is 10.1. The Hall–Kier alpha value is -2.66. The highest BCUT2D eigenvalue weighted by molar-refractivity contribution is 7.92. The molecular weight excluding hydrogens is 320 g/mol. The van der Waals surface area contributed by atoms with Gasteiger partial charge in [0.2, 0.25) is 10.0 Å². The Labute approximate surface area is 142 Å². The van der Waals surface area contributed by atoms with Crippen LogP contribution in [0.5, 0.6) is 0 Å². The van der Waals surface area contributed by atoms with Crippen molar-refractivity contribution >= 4 is 15.7 Å². The summed E-state index contributed by atoms with van der Waals surface area (Å²) in [6, 6.07) is 21.1. The minimum Gasteiger partial charge on any atom is -0.282 e. The molecule has 0 spiro atoms. The monoisotopic (exact) mass is 338 g/mol. The molecule has 0 radical (unpaired) electrons. The Kier molecular flexibility index (Phi) is 4.91. The van der Waals surface area contributed by atoms with Crippen LogP contribution in [0.25, 0.3) is 11.1 Å². The molecule has 0 fully saturated rings. The lowest BCUT2D eigenvalue weighted by molar-refractivity contribution is 0.600. The normalized spacial score (nSPS) is 11.2. The van der Waals surface area contributed by atoms with E-state index in [0.29, 0.717) is 12.1 Å². The van der Waals surface area contributed by atoms with Gasteiger partial charge in [0.25, 0.3) is 0 Å². The van der Waals surface area contributed by atoms with Crippen molar-refractivity contribution in [2.24, 2.45) is 0 Å². The van der Waals surface area contributed by atoms with E-state index in [-0.39, 0.29) is 5.75 Å². The molecule has 24 heavy (non-hydrogen) atoms. The molecule has 1 N–H and O–H groups in total. The van der Waals surface area contributed by atoms with Crippen LogP contribution in [0.2, 0.25) is 0 Å². The minimum atomic E-state index is -3.42. The van der Waals surface area contributed by atoms with Gasteiger partial charge in [-0.3, -0.25) is 9.71 Å². The van der Waals surface area contributed by atoms with Gasteiger partial charge in [0.1, 0.15) is 0 Å². The summed E-state index contributed by atoms with van der Waals surface area (Å²) in [7, 11) is -3.42. The number of pyridine rings is 1. The number of sulfonamides is 1. The van der Waals surface area contributed by atoms with Crippen molar-refractivity contribution in [3.8, 4) is 11.1 Å². The van der Waals surface area contributed by atoms with Crippen LogP contribution in [0.15, 0.2) is 79.1 Å². The molecule has 1 heterocycles. The molecule has 2 aromatic carbocycles. The van der Waals surface area contributed by atoms with Crippen LogP contribution in [0.4, 0.5) is 5.69 Å². The zero-order chi connectivity index (χ0) is 16.8. The molecule has 1 aromatic heterocycles. The average molecular weight is 338 g/mol. The molecule has 0 aliphatic carbocycles. The first kappa shape index (κ1) is 16.2. The van der Waals surface area contributed by atoms with Gasteiger partial charge in [-0.1, -0.05) is 60.7 Å². The Bertz CT molecular complexity index is 895. The summed E-state index contributed by atoms with van der Waals surface area (Å²) in [6.45, 7) is 0. The van der Waals surface area contributed by atoms with E-state index < -0.39 is 10.0 Å². The molecule has 3 rings (SSSR count). The SMILES string of the molecule is O=S(=O)(CCc1ccccc1)Nc1cncc(-c2ccccc2)c1. The maximum atomic E-state index is 12.3. The Balaban J connectivity index is 1.71. The number of nitrogens with zero attached hydrogens (tertiary/aromatic N) is 1. The van der Waals surface area contributed by atoms with Crippen molar-refractivity contribution in [2.75, 3.05) is 10.5 Å². The number of hydrogen-bond acceptors (Lipinski definition) is 3. The molecule has 3 aromatic rings. The van der Waals surface area contributed by atoms with E-state index in [4.69, 9.17) is 0 Å². The molecule has 4 nitrogen and oxygen atoms in total. The number of aromatic nitrogens is 1. The number of aryl methyl sites for hydroxylation is 1. The van der Waals surface area contributed by atoms with Gasteiger partial charge in [-0.15, -0.1) is 0 Å². The highest BCUT2D eigenvalue weighted by Gasteiger charge is 2.11. The number of rotatable bonds is 6. The van der Waals surface area contributed by atoms with Gasteiger partial charge >= 0.3 is 0 Å². The lowest BCUT2D eigenvalue weighted by Crippen LogP contribution is -2.18. The molecule has 0 saturated heterocycles. The van der Waals surface area contributed by atoms with Crippen molar-refractivity contribution in [3.05, 3.63) is 84.7 Å². The maximum absolute atomic E-state index is 12.3. The molecule has 0 unspecified atom stereocenters. The standard InChI is InChI=1S/C19H18N2O2S/c22-24(23,12-11-16-7-3-1-4-8-16)21-19-13-18(14-20-15-19)17-9-5-2-6-10-17/h1-10,13-15,21H,11-12H2. The van der Waals surface area contributed by atoms with Crippen molar-refractivity contribution in [1.29, 1.82) is 0 Å². The fourth-order valence-corrected chi connectivity index (χ4v) is 3.49. The zero-order valence-corrected chi connectivity index (χ0v) is 13.9. The van der Waals surface area contributed by atoms with Crippen molar-refractivity contribution in [1.82, 2.24) is 4.98 Å². The summed E-state index contributed by atoms with van der Waals surface area (Å²) in [5.41, 5.74) is 3.35. The maximum Gasteiger partial charge on any atom is 0.233 e. The summed E-state index contributed by atoms with van der Waals surface area (Å²) in [6.07, 6.45) is 3.71. The molecule has 0 atom stereocenters. The topological polar surface area (TPSA) is 59.1 Å². The number of nitrogens with one attached hydrogen (secondary N) is 1. The highest BCUT2D eigenvalue weighted by atomic mass is 32.2. The second-order valence-corrected chi connectivity index (χ2v) is 7.33. The largest absolute Gasteiger partial charge is 0.282 e. The van der Waals surface area contributed by atoms with Crippen LogP contribution < -0.4 is 4.72 Å². The minimum absolute atomic E-state index is 0.0343. The number of hydrogen-bond donors (Lipinski definition) is 1. The summed E-state index contributed by atoms with van der Waals surface area (Å²) < 4.78 is 27.2. The predicted octanol–water partition coefficient (Wildman–Crippen LogP) is 3.73. The third kappa shape index (κ3) is 4.43. The first-order chi connectivity index (χ1) is 11.6. The summed E-state index contributed by atoms with van der Waals surface area (Å²) in [5, 5.41) is 0. The van der Waals surface area contributed by atoms with E-state index in [1.54, 1.807) is 12.3 Å². The third-order valence-corrected chi connectivity index (χ3v) is 4.91. The molecule has 0 saturated carbocycles. The van der Waals surface area contributed by atoms with Gasteiger partial charge < -0.3 is 0 Å². The second kappa shape index (κ2) is 7.27. The predicted molar refractivity (Wildman–Crippen MR) is 97.2 cm³/mol. The summed E-state index contributed by atoms with van der Waals surface area (Å²) >= 11 is 0. The lowest BCUT2D eigenvalue weighted by Gasteiger charge is -2.09. The summed E-state index contributed by atoms with van der Waals surface area (Å²) in [4.78, 5) is 4.14. The molecule has 122 valence electrons. The van der Waals surface area contributed by atoms with Crippen LogP contribution in [-0.4, -0.2) is 19.2 Å². The van der Waals surface area contributed by atoms with Crippen LogP contribution in [0.1, 0.15) is 5.56 Å². The van der Waals surface area contributed by atoms with E-state index in [9.17, 15) is 8.42 Å². The van der Waals surface area contributed by atoms with Gasteiger partial charge in [-0.05, 0) is 23.6 Å². The molecule has 0 aliphatic heterocycles. The van der Waals surface area contributed by atoms with Crippen molar-refractivity contribution in [3.63, 3.8) is 0 Å². The van der Waals surface area contributed by atoms with E-state index in [0.717, 1.165) is 16.7 Å². The quantitative estimate of drug-likeness (QED) is 0.745. The number of benzene rings is 2. The van der Waals surface area contributed by atoms with E-state index >= 15 is 0 Å². The van der Waals surface area contributed by atoms with Gasteiger partial charge in [-0.2, -0.15) is 0 Å². The van der Waals surface area contributed by atoms with E-state index in [1.165, 1.54) is 6.20 Å². The van der Waals surface area contributed by atoms with Gasteiger partial charge in [0.05, 0.1) is 17.6 Å². The fourth-order valence-electron chi connectivity index (χ4n) is 2.41. The van der Waals surface area contributed by atoms with Gasteiger partial charge in [-0.25, -0.2) is 8.42 Å². The van der Waals surface area contributed by atoms with Crippen molar-refractivity contribution in [2.45, 2.75) is 6.42 Å². The van der Waals surface area contributed by atoms with Gasteiger partial charge in [0, 0.05) is 11.8 Å². The van der Waals surface area contributed by atoms with Crippen LogP contribution in [0.3, 0.4) is 0 Å². The third-order valence-electron chi connectivity index (χ3n) is 3.62. The molecule has 0 amide bonds. The summed E-state index contributed by atoms with van der Waals surface area (Å²) in [5.74, 6) is 0.0343. The first-order valence-electron chi connectivity index (χ1n) is 7.67. The van der Waals surface area contributed by atoms with Crippen molar-refractivity contribution < 1.29 is 8.42 Å². The first-order valence-corrected chi connectivity index (χ1v) is 9.32. The van der Waals surface area contributed by atoms with Crippen LogP contribution >= 0.6 is 0 Å².